The van der Waals surface area contributed by atoms with Crippen molar-refractivity contribution in [3.63, 3.8) is 0 Å². The number of nitrogens with one attached hydrogen (secondary N) is 1. The lowest BCUT2D eigenvalue weighted by Gasteiger charge is -2.12. The molecule has 5 heteroatoms. The molecule has 0 radical (unpaired) electrons. The van der Waals surface area contributed by atoms with Crippen LogP contribution < -0.4 is 10.1 Å². The maximum Gasteiger partial charge on any atom is 0.307 e. The van der Waals surface area contributed by atoms with Crippen LogP contribution in [-0.2, 0) is 17.8 Å². The summed E-state index contributed by atoms with van der Waals surface area (Å²) in [6.07, 6.45) is 3.11. The minimum atomic E-state index is -0.828. The monoisotopic (exact) mass is 359 g/mol. The van der Waals surface area contributed by atoms with Gasteiger partial charge in [-0.2, -0.15) is 0 Å². The zero-order chi connectivity index (χ0) is 16.9. The minimum Gasteiger partial charge on any atom is -0.488 e. The maximum atomic E-state index is 11.0. The molecule has 0 aliphatic carbocycles. The molecule has 0 unspecified atom stereocenters. The van der Waals surface area contributed by atoms with Crippen LogP contribution in [0.1, 0.15) is 28.7 Å². The number of aliphatic carboxylic acids is 1. The first-order valence-electron chi connectivity index (χ1n) is 8.10. The highest BCUT2D eigenvalue weighted by atomic mass is 35.5. The van der Waals surface area contributed by atoms with Crippen LogP contribution in [0.2, 0.25) is 0 Å². The molecule has 0 atom stereocenters. The summed E-state index contributed by atoms with van der Waals surface area (Å²) in [5.41, 5.74) is 5.16. The van der Waals surface area contributed by atoms with Crippen LogP contribution in [0.25, 0.3) is 5.57 Å². The molecule has 2 aromatic rings. The Morgan fingerprint density at radius 3 is 2.80 bits per heavy atom. The van der Waals surface area contributed by atoms with Crippen molar-refractivity contribution in [2.45, 2.75) is 19.4 Å². The molecule has 0 spiro atoms. The maximum absolute atomic E-state index is 11.0. The Kier molecular flexibility index (Phi) is 6.62. The average Bonchev–Trinajstić information content (AvgIpc) is 2.72. The fourth-order valence-electron chi connectivity index (χ4n) is 2.99. The first-order valence-corrected chi connectivity index (χ1v) is 8.10. The first-order chi connectivity index (χ1) is 11.7. The van der Waals surface area contributed by atoms with Crippen molar-refractivity contribution >= 4 is 23.9 Å². The Bertz CT molecular complexity index is 786. The molecule has 1 heterocycles. The highest BCUT2D eigenvalue weighted by Crippen LogP contribution is 2.37. The quantitative estimate of drug-likeness (QED) is 0.800. The molecule has 2 aromatic carbocycles. The van der Waals surface area contributed by atoms with Gasteiger partial charge in [-0.3, -0.25) is 4.79 Å². The van der Waals surface area contributed by atoms with Gasteiger partial charge in [0.05, 0.1) is 6.42 Å². The first kappa shape index (κ1) is 19.0. The third-order valence-electron chi connectivity index (χ3n) is 4.12. The molecule has 132 valence electrons. The van der Waals surface area contributed by atoms with Crippen molar-refractivity contribution in [1.82, 2.24) is 5.32 Å². The highest BCUT2D eigenvalue weighted by Gasteiger charge is 2.19. The third kappa shape index (κ3) is 4.41. The van der Waals surface area contributed by atoms with Crippen molar-refractivity contribution in [3.8, 4) is 5.75 Å². The van der Waals surface area contributed by atoms with Crippen LogP contribution in [0.4, 0.5) is 0 Å². The molecule has 0 fully saturated rings. The number of hydrogen-bond donors (Lipinski definition) is 2. The number of halogens is 1. The van der Waals surface area contributed by atoms with Gasteiger partial charge in [-0.05, 0) is 54.4 Å². The lowest BCUT2D eigenvalue weighted by atomic mass is 9.92. The Balaban J connectivity index is 0.00000225. The largest absolute Gasteiger partial charge is 0.488 e. The van der Waals surface area contributed by atoms with Crippen LogP contribution in [0.3, 0.4) is 0 Å². The van der Waals surface area contributed by atoms with Gasteiger partial charge in [-0.25, -0.2) is 0 Å². The van der Waals surface area contributed by atoms with Crippen molar-refractivity contribution < 1.29 is 14.6 Å². The van der Waals surface area contributed by atoms with E-state index >= 15 is 0 Å². The zero-order valence-electron chi connectivity index (χ0n) is 14.1. The second-order valence-corrected chi connectivity index (χ2v) is 5.86. The van der Waals surface area contributed by atoms with Gasteiger partial charge in [0.25, 0.3) is 0 Å². The topological polar surface area (TPSA) is 58.6 Å². The minimum absolute atomic E-state index is 0. The summed E-state index contributed by atoms with van der Waals surface area (Å²) in [5, 5.41) is 12.2. The van der Waals surface area contributed by atoms with Crippen molar-refractivity contribution in [2.75, 3.05) is 13.6 Å². The second kappa shape index (κ2) is 8.70. The summed E-state index contributed by atoms with van der Waals surface area (Å²) in [7, 11) is 1.93. The Hall–Kier alpha value is -2.30. The summed E-state index contributed by atoms with van der Waals surface area (Å²) in [5.74, 6) is -0.0263. The van der Waals surface area contributed by atoms with E-state index in [0.717, 1.165) is 46.5 Å². The summed E-state index contributed by atoms with van der Waals surface area (Å²) in [6.45, 7) is 1.40. The molecule has 4 nitrogen and oxygen atoms in total. The fraction of sp³-hybridized carbons (Fsp3) is 0.250. The lowest BCUT2D eigenvalue weighted by molar-refractivity contribution is -0.136. The van der Waals surface area contributed by atoms with Crippen LogP contribution in [0, 0.1) is 0 Å². The number of fused-ring (bicyclic) bond motifs is 2. The van der Waals surface area contributed by atoms with E-state index in [1.807, 2.05) is 37.4 Å². The number of ether oxygens (including phenoxy) is 1. The smallest absolute Gasteiger partial charge is 0.307 e. The molecule has 25 heavy (non-hydrogen) atoms. The van der Waals surface area contributed by atoms with Gasteiger partial charge < -0.3 is 15.2 Å². The molecule has 1 aliphatic rings. The van der Waals surface area contributed by atoms with Crippen LogP contribution in [0.15, 0.2) is 48.5 Å². The Morgan fingerprint density at radius 1 is 1.24 bits per heavy atom. The van der Waals surface area contributed by atoms with E-state index in [2.05, 4.69) is 23.5 Å². The van der Waals surface area contributed by atoms with Crippen molar-refractivity contribution in [1.29, 1.82) is 0 Å². The number of hydrogen-bond acceptors (Lipinski definition) is 3. The molecule has 1 aliphatic heterocycles. The normalized spacial score (nSPS) is 13.9. The number of carbonyl (C=O) groups is 1. The molecule has 0 saturated heterocycles. The summed E-state index contributed by atoms with van der Waals surface area (Å²) in [4.78, 5) is 11.0. The van der Waals surface area contributed by atoms with Gasteiger partial charge in [0, 0.05) is 5.56 Å². The summed E-state index contributed by atoms with van der Waals surface area (Å²) in [6, 6.07) is 13.9. The van der Waals surface area contributed by atoms with Gasteiger partial charge in [-0.15, -0.1) is 12.4 Å². The average molecular weight is 360 g/mol. The van der Waals surface area contributed by atoms with E-state index in [4.69, 9.17) is 9.84 Å². The van der Waals surface area contributed by atoms with Gasteiger partial charge in [0.1, 0.15) is 12.4 Å². The molecule has 0 saturated carbocycles. The SMILES string of the molecule is CNCC/C=C1\c2ccccc2COc2ccc(CC(=O)O)cc21.Cl. The fourth-order valence-corrected chi connectivity index (χ4v) is 2.99. The van der Waals surface area contributed by atoms with E-state index in [1.54, 1.807) is 0 Å². The van der Waals surface area contributed by atoms with E-state index < -0.39 is 5.97 Å². The molecule has 2 N–H and O–H groups in total. The highest BCUT2D eigenvalue weighted by molar-refractivity contribution is 5.86. The van der Waals surface area contributed by atoms with Crippen molar-refractivity contribution in [2.24, 2.45) is 0 Å². The number of rotatable bonds is 5. The number of benzene rings is 2. The number of carboxylic acids is 1. The van der Waals surface area contributed by atoms with Crippen LogP contribution in [0.5, 0.6) is 5.75 Å². The molecular formula is C20H22ClNO3. The molecule has 0 aromatic heterocycles. The van der Waals surface area contributed by atoms with Crippen LogP contribution in [-0.4, -0.2) is 24.7 Å². The summed E-state index contributed by atoms with van der Waals surface area (Å²) >= 11 is 0. The van der Waals surface area contributed by atoms with Crippen molar-refractivity contribution in [3.05, 3.63) is 70.8 Å². The molecule has 3 rings (SSSR count). The molecule has 0 amide bonds. The lowest BCUT2D eigenvalue weighted by Crippen LogP contribution is -2.06. The van der Waals surface area contributed by atoms with Gasteiger partial charge in [-0.1, -0.05) is 36.4 Å². The van der Waals surface area contributed by atoms with E-state index in [1.165, 1.54) is 0 Å². The third-order valence-corrected chi connectivity index (χ3v) is 4.12. The van der Waals surface area contributed by atoms with Gasteiger partial charge in [0.15, 0.2) is 0 Å². The Morgan fingerprint density at radius 2 is 2.04 bits per heavy atom. The number of carboxylic acid groups (broad SMARTS) is 1. The van der Waals surface area contributed by atoms with E-state index in [-0.39, 0.29) is 18.8 Å². The predicted octanol–water partition coefficient (Wildman–Crippen LogP) is 3.67. The van der Waals surface area contributed by atoms with Gasteiger partial charge in [0.2, 0.25) is 0 Å². The zero-order valence-corrected chi connectivity index (χ0v) is 14.9. The molecule has 0 bridgehead atoms. The second-order valence-electron chi connectivity index (χ2n) is 5.86. The Labute approximate surface area is 153 Å². The van der Waals surface area contributed by atoms with Crippen LogP contribution >= 0.6 is 12.4 Å². The summed E-state index contributed by atoms with van der Waals surface area (Å²) < 4.78 is 5.97. The van der Waals surface area contributed by atoms with E-state index in [0.29, 0.717) is 6.61 Å². The predicted molar refractivity (Wildman–Crippen MR) is 101 cm³/mol. The van der Waals surface area contributed by atoms with Gasteiger partial charge >= 0.3 is 5.97 Å². The molecular weight excluding hydrogens is 338 g/mol. The van der Waals surface area contributed by atoms with E-state index in [9.17, 15) is 4.79 Å². The standard InChI is InChI=1S/C20H21NO3.ClH/c1-21-10-4-7-17-16-6-3-2-5-15(16)13-24-19-9-8-14(11-18(17)19)12-20(22)23;/h2-3,5-9,11,21H,4,10,12-13H2,1H3,(H,22,23);1H/b17-7+;.